The molecule has 0 aliphatic carbocycles. The minimum absolute atomic E-state index is 0.0339. The normalized spacial score (nSPS) is 11.2. The van der Waals surface area contributed by atoms with Gasteiger partial charge in [-0.1, -0.05) is 32.0 Å². The number of nitrogen functional groups attached to an aromatic ring is 4. The number of nitrogens with two attached hydrogens (primary N) is 4. The fourth-order valence-corrected chi connectivity index (χ4v) is 4.44. The standard InChI is InChI=1S/C14H16N2.C10H10N2O4S2.C2H6/c1-9-7-11(3-5-13(9)15)12-4-6-14(16)10(2)8-12;11-5-2-1-4-6(17-14)3-7(18(15)16)9(12)8(4)10(5)13;1-2/h3-8H,15-16H2,1-2H3;1-3,13-14H,11-12H2,(H,15,16);1-2H3. The van der Waals surface area contributed by atoms with E-state index in [-0.39, 0.29) is 27.4 Å². The lowest BCUT2D eigenvalue weighted by Crippen LogP contribution is -2.00. The van der Waals surface area contributed by atoms with Crippen molar-refractivity contribution in [3.05, 3.63) is 65.7 Å². The van der Waals surface area contributed by atoms with Gasteiger partial charge < -0.3 is 37.1 Å². The van der Waals surface area contributed by atoms with E-state index in [9.17, 15) is 13.9 Å². The molecule has 0 spiro atoms. The molecule has 1 unspecified atom stereocenters. The van der Waals surface area contributed by atoms with Crippen molar-refractivity contribution in [1.29, 1.82) is 0 Å². The van der Waals surface area contributed by atoms with Crippen LogP contribution >= 0.6 is 12.0 Å². The number of phenols is 1. The largest absolute Gasteiger partial charge is 0.505 e. The molecule has 10 heteroatoms. The highest BCUT2D eigenvalue weighted by Crippen LogP contribution is 2.41. The van der Waals surface area contributed by atoms with Gasteiger partial charge in [0.05, 0.1) is 21.7 Å². The molecule has 4 aromatic rings. The number of aromatic hydroxyl groups is 1. The first-order valence-corrected chi connectivity index (χ1v) is 12.9. The first-order valence-electron chi connectivity index (χ1n) is 11.0. The third-order valence-corrected chi connectivity index (χ3v) is 6.68. The molecule has 0 aromatic heterocycles. The average Bonchev–Trinajstić information content (AvgIpc) is 2.86. The Morgan fingerprint density at radius 1 is 0.778 bits per heavy atom. The first kappa shape index (κ1) is 28.8. The van der Waals surface area contributed by atoms with E-state index >= 15 is 0 Å². The maximum absolute atomic E-state index is 11.2. The Kier molecular flexibility index (Phi) is 10.00. The van der Waals surface area contributed by atoms with E-state index in [0.29, 0.717) is 22.3 Å². The zero-order valence-corrected chi connectivity index (χ0v) is 22.2. The lowest BCUT2D eigenvalue weighted by atomic mass is 10.0. The van der Waals surface area contributed by atoms with E-state index in [1.807, 2.05) is 52.0 Å². The summed E-state index contributed by atoms with van der Waals surface area (Å²) in [5.41, 5.74) is 29.2. The monoisotopic (exact) mass is 528 g/mol. The molecule has 1 atom stereocenters. The Labute approximate surface area is 217 Å². The summed E-state index contributed by atoms with van der Waals surface area (Å²) in [6.45, 7) is 8.03. The summed E-state index contributed by atoms with van der Waals surface area (Å²) >= 11 is -1.92. The minimum atomic E-state index is -2.32. The van der Waals surface area contributed by atoms with Gasteiger partial charge in [0.2, 0.25) is 0 Å². The molecule has 0 aliphatic rings. The van der Waals surface area contributed by atoms with E-state index < -0.39 is 11.1 Å². The van der Waals surface area contributed by atoms with Crippen molar-refractivity contribution in [2.75, 3.05) is 22.9 Å². The topological polar surface area (TPSA) is 182 Å². The third-order valence-electron chi connectivity index (χ3n) is 5.43. The molecule has 0 amide bonds. The number of fused-ring (bicyclic) bond motifs is 1. The van der Waals surface area contributed by atoms with Gasteiger partial charge in [-0.3, -0.25) is 0 Å². The Morgan fingerprint density at radius 3 is 1.67 bits per heavy atom. The molecule has 11 N–H and O–H groups in total. The SMILES string of the molecule is CC.Cc1cc(-c2ccc(N)c(C)c2)ccc1N.Nc1ccc2c(SO)cc(S(=O)O)c(N)c2c1O. The molecule has 8 nitrogen and oxygen atoms in total. The summed E-state index contributed by atoms with van der Waals surface area (Å²) in [5.74, 6) is -0.271. The number of hydrogen-bond donors (Lipinski definition) is 7. The summed E-state index contributed by atoms with van der Waals surface area (Å²) < 4.78 is 29.5. The number of anilines is 4. The Hall–Kier alpha value is -3.44. The number of rotatable bonds is 3. The van der Waals surface area contributed by atoms with Crippen LogP contribution in [-0.4, -0.2) is 18.4 Å². The van der Waals surface area contributed by atoms with Crippen LogP contribution in [0.4, 0.5) is 22.7 Å². The van der Waals surface area contributed by atoms with Crippen molar-refractivity contribution in [2.24, 2.45) is 0 Å². The van der Waals surface area contributed by atoms with Gasteiger partial charge in [-0.15, -0.1) is 0 Å². The molecular formula is C26H32N4O4S2. The van der Waals surface area contributed by atoms with E-state index in [1.54, 1.807) is 6.07 Å². The number of aryl methyl sites for hydroxylation is 2. The number of hydrogen-bond acceptors (Lipinski definition) is 8. The molecular weight excluding hydrogens is 496 g/mol. The lowest BCUT2D eigenvalue weighted by molar-refractivity contribution is 0.484. The summed E-state index contributed by atoms with van der Waals surface area (Å²) in [7, 11) is 0. The van der Waals surface area contributed by atoms with Gasteiger partial charge in [0.25, 0.3) is 0 Å². The Morgan fingerprint density at radius 2 is 1.25 bits per heavy atom. The molecule has 36 heavy (non-hydrogen) atoms. The molecule has 192 valence electrons. The maximum Gasteiger partial charge on any atom is 0.188 e. The first-order chi connectivity index (χ1) is 17.0. The van der Waals surface area contributed by atoms with Gasteiger partial charge in [-0.2, -0.15) is 0 Å². The fraction of sp³-hybridized carbons (Fsp3) is 0.154. The molecule has 0 heterocycles. The van der Waals surface area contributed by atoms with Crippen LogP contribution in [-0.2, 0) is 11.1 Å². The van der Waals surface area contributed by atoms with Crippen molar-refractivity contribution in [2.45, 2.75) is 37.5 Å². The molecule has 0 radical (unpaired) electrons. The summed E-state index contributed by atoms with van der Waals surface area (Å²) in [6, 6.07) is 16.5. The van der Waals surface area contributed by atoms with Gasteiger partial charge in [-0.25, -0.2) is 4.21 Å². The van der Waals surface area contributed by atoms with Crippen LogP contribution in [0.2, 0.25) is 0 Å². The maximum atomic E-state index is 11.2. The van der Waals surface area contributed by atoms with Gasteiger partial charge in [0, 0.05) is 33.7 Å². The van der Waals surface area contributed by atoms with Crippen LogP contribution in [0.25, 0.3) is 21.9 Å². The summed E-state index contributed by atoms with van der Waals surface area (Å²) in [4.78, 5) is 0.229. The highest BCUT2D eigenvalue weighted by molar-refractivity contribution is 7.94. The lowest BCUT2D eigenvalue weighted by Gasteiger charge is -2.12. The zero-order valence-electron chi connectivity index (χ0n) is 20.6. The van der Waals surface area contributed by atoms with Crippen molar-refractivity contribution < 1.29 is 18.4 Å². The van der Waals surface area contributed by atoms with E-state index in [2.05, 4.69) is 12.1 Å². The molecule has 0 fully saturated rings. The molecule has 0 saturated heterocycles. The van der Waals surface area contributed by atoms with Crippen LogP contribution in [0.15, 0.2) is 64.4 Å². The average molecular weight is 529 g/mol. The highest BCUT2D eigenvalue weighted by atomic mass is 32.2. The van der Waals surface area contributed by atoms with E-state index in [4.69, 9.17) is 27.5 Å². The van der Waals surface area contributed by atoms with Crippen molar-refractivity contribution in [1.82, 2.24) is 0 Å². The van der Waals surface area contributed by atoms with E-state index in [1.165, 1.54) is 23.3 Å². The summed E-state index contributed by atoms with van der Waals surface area (Å²) in [5, 5.41) is 10.5. The van der Waals surface area contributed by atoms with Crippen LogP contribution < -0.4 is 22.9 Å². The van der Waals surface area contributed by atoms with Crippen LogP contribution in [0.5, 0.6) is 5.75 Å². The predicted molar refractivity (Wildman–Crippen MR) is 153 cm³/mol. The van der Waals surface area contributed by atoms with Crippen LogP contribution in [0.3, 0.4) is 0 Å². The Balaban J connectivity index is 0.000000239. The van der Waals surface area contributed by atoms with E-state index in [0.717, 1.165) is 22.5 Å². The third kappa shape index (κ3) is 6.21. The van der Waals surface area contributed by atoms with Crippen molar-refractivity contribution >= 4 is 56.6 Å². The van der Waals surface area contributed by atoms with Gasteiger partial charge in [0.15, 0.2) is 11.1 Å². The molecule has 0 bridgehead atoms. The molecule has 4 rings (SSSR count). The van der Waals surface area contributed by atoms with Crippen molar-refractivity contribution in [3.63, 3.8) is 0 Å². The Bertz CT molecular complexity index is 1360. The van der Waals surface area contributed by atoms with Gasteiger partial charge >= 0.3 is 0 Å². The second-order valence-electron chi connectivity index (χ2n) is 7.70. The second kappa shape index (κ2) is 12.5. The quantitative estimate of drug-likeness (QED) is 0.0723. The predicted octanol–water partition coefficient (Wildman–Crippen LogP) is 6.02. The minimum Gasteiger partial charge on any atom is -0.505 e. The van der Waals surface area contributed by atoms with Gasteiger partial charge in [0.1, 0.15) is 5.75 Å². The summed E-state index contributed by atoms with van der Waals surface area (Å²) in [6.07, 6.45) is 0. The highest BCUT2D eigenvalue weighted by Gasteiger charge is 2.17. The molecule has 0 saturated carbocycles. The smallest absolute Gasteiger partial charge is 0.188 e. The van der Waals surface area contributed by atoms with Crippen LogP contribution in [0, 0.1) is 13.8 Å². The fourth-order valence-electron chi connectivity index (χ4n) is 3.41. The van der Waals surface area contributed by atoms with Crippen LogP contribution in [0.1, 0.15) is 25.0 Å². The molecule has 4 aromatic carbocycles. The number of benzene rings is 4. The van der Waals surface area contributed by atoms with Crippen molar-refractivity contribution in [3.8, 4) is 16.9 Å². The molecule has 0 aliphatic heterocycles. The van der Waals surface area contributed by atoms with Gasteiger partial charge in [-0.05, 0) is 72.5 Å². The number of phenolic OH excluding ortho intramolecular Hbond substituents is 1. The second-order valence-corrected chi connectivity index (χ2v) is 9.26. The zero-order chi connectivity index (χ0) is 27.2.